The maximum Gasteiger partial charge on any atom is 0.460 e. The SMILES string of the molecule is Cc1c(OCCCCC(F)(F)F)cc(COc2cc(COC(C)(C)S)cc(OCc3cc(OCCCCC(F)(F)F)c(C)c(OCCCCC(F)(F)C(F)(F)C(F)(F)C(F)(F)C(F)(F)C(F)(F)F)c3)c2)cc1OCCCCC(F)(F)C(F)(F)C(F)(F)C(F)(F)C(F)(F)C(F)(F)F. The third-order valence-corrected chi connectivity index (χ3v) is 13.7. The number of ether oxygens (including phenoxy) is 7. The van der Waals surface area contributed by atoms with Gasteiger partial charge in [0.25, 0.3) is 0 Å². The highest BCUT2D eigenvalue weighted by atomic mass is 32.1. The van der Waals surface area contributed by atoms with Crippen LogP contribution in [0.3, 0.4) is 0 Å². The number of unbranched alkanes of at least 4 members (excludes halogenated alkanes) is 4. The van der Waals surface area contributed by atoms with E-state index in [0.29, 0.717) is 0 Å². The van der Waals surface area contributed by atoms with Crippen LogP contribution < -0.4 is 28.4 Å². The lowest BCUT2D eigenvalue weighted by molar-refractivity contribution is -0.440. The molecule has 0 saturated heterocycles. The predicted molar refractivity (Wildman–Crippen MR) is 276 cm³/mol. The summed E-state index contributed by atoms with van der Waals surface area (Å²) in [5, 5.41) is 0. The fourth-order valence-electron chi connectivity index (χ4n) is 8.07. The van der Waals surface area contributed by atoms with Crippen LogP contribution in [0.4, 0.5) is 140 Å². The molecule has 0 unspecified atom stereocenters. The summed E-state index contributed by atoms with van der Waals surface area (Å²) < 4.78 is 472. The van der Waals surface area contributed by atoms with Crippen LogP contribution in [0.25, 0.3) is 0 Å². The Morgan fingerprint density at radius 1 is 0.292 bits per heavy atom. The van der Waals surface area contributed by atoms with Gasteiger partial charge in [-0.05, 0) is 132 Å². The molecule has 0 aliphatic heterocycles. The average molecular weight is 1480 g/mol. The number of halogens is 32. The summed E-state index contributed by atoms with van der Waals surface area (Å²) in [5.74, 6) is -77.0. The Labute approximate surface area is 530 Å². The third-order valence-electron chi connectivity index (χ3n) is 13.6. The minimum absolute atomic E-state index is 0.000995. The van der Waals surface area contributed by atoms with Crippen LogP contribution in [-0.2, 0) is 24.6 Å². The van der Waals surface area contributed by atoms with Gasteiger partial charge in [0.05, 0.1) is 33.0 Å². The van der Waals surface area contributed by atoms with Crippen molar-refractivity contribution in [2.45, 2.75) is 213 Å². The van der Waals surface area contributed by atoms with Crippen LogP contribution in [0.2, 0.25) is 0 Å². The van der Waals surface area contributed by atoms with Gasteiger partial charge >= 0.3 is 83.9 Å². The number of rotatable bonds is 39. The van der Waals surface area contributed by atoms with E-state index < -0.39 is 193 Å². The fourth-order valence-corrected chi connectivity index (χ4v) is 8.14. The van der Waals surface area contributed by atoms with Crippen molar-refractivity contribution in [2.75, 3.05) is 26.4 Å². The molecule has 0 aliphatic carbocycles. The van der Waals surface area contributed by atoms with Crippen LogP contribution in [0.15, 0.2) is 42.5 Å². The molecule has 0 saturated carbocycles. The maximum absolute atomic E-state index is 14.5. The summed E-state index contributed by atoms with van der Waals surface area (Å²) in [4.78, 5) is -1.13. The van der Waals surface area contributed by atoms with E-state index in [4.69, 9.17) is 33.2 Å². The zero-order valence-corrected chi connectivity index (χ0v) is 50.8. The Bertz CT molecular complexity index is 2790. The number of thiol groups is 1. The zero-order valence-electron chi connectivity index (χ0n) is 49.9. The number of alkyl halides is 32. The van der Waals surface area contributed by atoms with Crippen molar-refractivity contribution >= 4 is 12.6 Å². The second kappa shape index (κ2) is 31.0. The highest BCUT2D eigenvalue weighted by Crippen LogP contribution is 2.63. The van der Waals surface area contributed by atoms with Crippen LogP contribution in [0.1, 0.15) is 119 Å². The molecule has 96 heavy (non-hydrogen) atoms. The molecule has 0 heterocycles. The van der Waals surface area contributed by atoms with Gasteiger partial charge in [-0.15, -0.1) is 12.6 Å². The van der Waals surface area contributed by atoms with Crippen molar-refractivity contribution in [1.82, 2.24) is 0 Å². The van der Waals surface area contributed by atoms with Crippen molar-refractivity contribution in [2.24, 2.45) is 0 Å². The van der Waals surface area contributed by atoms with Crippen molar-refractivity contribution < 1.29 is 174 Å². The monoisotopic (exact) mass is 1480 g/mol. The first-order valence-corrected chi connectivity index (χ1v) is 28.2. The summed E-state index contributed by atoms with van der Waals surface area (Å²) in [6, 6.07) is 8.78. The second-order valence-corrected chi connectivity index (χ2v) is 23.1. The molecule has 3 rings (SSSR count). The molecule has 554 valence electrons. The second-order valence-electron chi connectivity index (χ2n) is 22.0. The van der Waals surface area contributed by atoms with E-state index in [0.717, 1.165) is 12.1 Å². The van der Waals surface area contributed by atoms with E-state index in [2.05, 4.69) is 12.6 Å². The Balaban J connectivity index is 1.95. The van der Waals surface area contributed by atoms with Crippen LogP contribution in [0.5, 0.6) is 34.5 Å². The molecule has 0 N–H and O–H groups in total. The predicted octanol–water partition coefficient (Wildman–Crippen LogP) is 21.4. The van der Waals surface area contributed by atoms with Crippen molar-refractivity contribution in [3.63, 3.8) is 0 Å². The zero-order chi connectivity index (χ0) is 74.2. The molecular formula is C56H58F32O7S. The van der Waals surface area contributed by atoms with E-state index in [-0.39, 0.29) is 81.8 Å². The molecule has 0 spiro atoms. The largest absolute Gasteiger partial charge is 0.493 e. The molecule has 0 aliphatic rings. The van der Waals surface area contributed by atoms with Gasteiger partial charge in [-0.1, -0.05) is 0 Å². The molecule has 40 heteroatoms. The summed E-state index contributed by atoms with van der Waals surface area (Å²) in [6.07, 6.45) is -37.7. The minimum atomic E-state index is -8.11. The van der Waals surface area contributed by atoms with Gasteiger partial charge in [-0.3, -0.25) is 0 Å². The summed E-state index contributed by atoms with van der Waals surface area (Å²) in [7, 11) is 0. The van der Waals surface area contributed by atoms with Gasteiger partial charge in [0.2, 0.25) is 0 Å². The summed E-state index contributed by atoms with van der Waals surface area (Å²) in [6.45, 7) is 1.66. The first-order chi connectivity index (χ1) is 43.1. The molecule has 3 aromatic carbocycles. The van der Waals surface area contributed by atoms with Crippen LogP contribution >= 0.6 is 12.6 Å². The molecule has 0 fully saturated rings. The van der Waals surface area contributed by atoms with Gasteiger partial charge in [-0.25, -0.2) is 0 Å². The lowest BCUT2D eigenvalue weighted by atomic mass is 9.92. The first kappa shape index (κ1) is 84.8. The van der Waals surface area contributed by atoms with Gasteiger partial charge in [-0.2, -0.15) is 140 Å². The molecule has 0 aromatic heterocycles. The number of hydrogen-bond donors (Lipinski definition) is 1. The van der Waals surface area contributed by atoms with E-state index in [1.165, 1.54) is 58.0 Å². The van der Waals surface area contributed by atoms with Crippen molar-refractivity contribution in [1.29, 1.82) is 0 Å². The highest BCUT2D eigenvalue weighted by Gasteiger charge is 2.92. The minimum Gasteiger partial charge on any atom is -0.493 e. The Morgan fingerprint density at radius 3 is 0.792 bits per heavy atom. The van der Waals surface area contributed by atoms with Gasteiger partial charge < -0.3 is 33.2 Å². The topological polar surface area (TPSA) is 64.6 Å². The average Bonchev–Trinajstić information content (AvgIpc) is 0.719. The van der Waals surface area contributed by atoms with Gasteiger partial charge in [0.1, 0.15) is 52.6 Å². The van der Waals surface area contributed by atoms with Gasteiger partial charge in [0.15, 0.2) is 0 Å². The standard InChI is InChI=1S/C56H58F32O7S/c1-31-38(89-17-9-5-13-43(57,58)47(67,68)49(71,72)51(75,76)53(79,80)55(83,84)85)23-34(25-40(31)91-19-11-7-15-45(61,62)63)28-93-36-21-33(30-95-42(3,4)96)22-37(27-36)94-29-35-24-39(32(2)41(26-35)92-20-12-8-16-46(64,65)66)90-18-10-6-14-44(59,60)48(69,70)50(73,74)52(77,78)54(81,82)56(86,87)88/h21-27,96H,5-20,28-30H2,1-4H3. The van der Waals surface area contributed by atoms with Crippen LogP contribution in [-0.4, -0.2) is 115 Å². The quantitative estimate of drug-likeness (QED) is 0.0264. The van der Waals surface area contributed by atoms with E-state index in [9.17, 15) is 140 Å². The number of benzene rings is 3. The fraction of sp³-hybridized carbons (Fsp3) is 0.679. The molecule has 0 amide bonds. The van der Waals surface area contributed by atoms with Crippen molar-refractivity contribution in [3.8, 4) is 34.5 Å². The first-order valence-electron chi connectivity index (χ1n) is 27.7. The van der Waals surface area contributed by atoms with E-state index in [1.54, 1.807) is 0 Å². The summed E-state index contributed by atoms with van der Waals surface area (Å²) >= 11 is 4.29. The molecular weight excluding hydrogens is 1420 g/mol. The molecule has 7 nitrogen and oxygen atoms in total. The molecule has 0 bridgehead atoms. The highest BCUT2D eigenvalue weighted by molar-refractivity contribution is 7.81. The van der Waals surface area contributed by atoms with Crippen molar-refractivity contribution in [3.05, 3.63) is 70.3 Å². The maximum atomic E-state index is 14.5. The molecule has 0 radical (unpaired) electrons. The lowest BCUT2D eigenvalue weighted by Gasteiger charge is -2.39. The Kier molecular flexibility index (Phi) is 27.3. The third kappa shape index (κ3) is 20.8. The van der Waals surface area contributed by atoms with E-state index >= 15 is 0 Å². The summed E-state index contributed by atoms with van der Waals surface area (Å²) in [5.41, 5.74) is 0.318. The number of hydrogen-bond acceptors (Lipinski definition) is 8. The molecule has 3 aromatic rings. The van der Waals surface area contributed by atoms with E-state index in [1.807, 2.05) is 0 Å². The Hall–Kier alpha value is -5.47. The molecule has 0 atom stereocenters. The smallest absolute Gasteiger partial charge is 0.460 e. The lowest BCUT2D eigenvalue weighted by Crippen LogP contribution is -2.70. The Morgan fingerprint density at radius 2 is 0.542 bits per heavy atom. The van der Waals surface area contributed by atoms with Crippen LogP contribution in [0, 0.1) is 13.8 Å². The van der Waals surface area contributed by atoms with Gasteiger partial charge in [0, 0.05) is 42.9 Å². The normalized spacial score (nSPS) is 14.3.